The van der Waals surface area contributed by atoms with Crippen molar-refractivity contribution in [1.82, 2.24) is 0 Å². The molecule has 3 aliphatic rings. The van der Waals surface area contributed by atoms with Gasteiger partial charge in [-0.3, -0.25) is 0 Å². The van der Waals surface area contributed by atoms with Crippen LogP contribution in [0.3, 0.4) is 0 Å². The van der Waals surface area contributed by atoms with Gasteiger partial charge in [0.05, 0.1) is 0 Å². The van der Waals surface area contributed by atoms with E-state index in [-0.39, 0.29) is 16.2 Å². The Morgan fingerprint density at radius 3 is 1.59 bits per heavy atom. The Morgan fingerprint density at radius 1 is 0.352 bits per heavy atom. The minimum atomic E-state index is -0.0618. The van der Waals surface area contributed by atoms with Crippen molar-refractivity contribution < 1.29 is 0 Å². The highest BCUT2D eigenvalue weighted by Gasteiger charge is 2.49. The van der Waals surface area contributed by atoms with Gasteiger partial charge in [0.1, 0.15) is 0 Å². The van der Waals surface area contributed by atoms with Crippen LogP contribution in [0.1, 0.15) is 86.1 Å². The molecule has 0 aliphatic heterocycles. The van der Waals surface area contributed by atoms with Crippen LogP contribution < -0.4 is 4.90 Å². The summed E-state index contributed by atoms with van der Waals surface area (Å²) < 4.78 is 0. The average molecular weight is 696 g/mol. The molecule has 0 aromatic heterocycles. The molecule has 7 aromatic carbocycles. The Bertz CT molecular complexity index is 2740. The summed E-state index contributed by atoms with van der Waals surface area (Å²) in [6.45, 7) is 14.3. The van der Waals surface area contributed by atoms with Crippen molar-refractivity contribution in [1.29, 1.82) is 0 Å². The molecule has 0 spiro atoms. The van der Waals surface area contributed by atoms with Crippen LogP contribution in [-0.2, 0) is 16.2 Å². The molecule has 1 heteroatoms. The molecule has 1 nitrogen and oxygen atoms in total. The lowest BCUT2D eigenvalue weighted by atomic mass is 9.75. The Morgan fingerprint density at radius 2 is 0.833 bits per heavy atom. The van der Waals surface area contributed by atoms with E-state index in [1.54, 1.807) is 0 Å². The lowest BCUT2D eigenvalue weighted by Gasteiger charge is -2.28. The third-order valence-electron chi connectivity index (χ3n) is 12.8. The maximum Gasteiger partial charge on any atom is 0.0468 e. The summed E-state index contributed by atoms with van der Waals surface area (Å²) in [6.07, 6.45) is 4.54. The highest BCUT2D eigenvalue weighted by molar-refractivity contribution is 6.09. The van der Waals surface area contributed by atoms with Crippen molar-refractivity contribution in [2.24, 2.45) is 0 Å². The molecule has 3 aliphatic carbocycles. The van der Waals surface area contributed by atoms with Gasteiger partial charge >= 0.3 is 0 Å². The standard InChI is InChI=1S/C53H45N/c1-51(2)45-18-12-10-16-41(45)42-29-27-40(33-48(42)51)54(38-14-8-7-9-15-38)39-26-25-36-30-34(22-24-37(36)32-39)20-21-35-23-28-44-47(31-35)53(5,6)49-43-17-11-13-19-46(43)52(3,4)50(44)49/h7-33H,1-6H3/b21-20+. The molecule has 0 unspecified atom stereocenters. The molecular formula is C53H45N. The first-order valence-electron chi connectivity index (χ1n) is 19.3. The van der Waals surface area contributed by atoms with Crippen molar-refractivity contribution >= 4 is 51.1 Å². The summed E-state index contributed by atoms with van der Waals surface area (Å²) >= 11 is 0. The topological polar surface area (TPSA) is 3.24 Å². The molecule has 0 heterocycles. The summed E-state index contributed by atoms with van der Waals surface area (Å²) in [6, 6.07) is 56.4. The summed E-state index contributed by atoms with van der Waals surface area (Å²) in [5, 5.41) is 2.46. The molecular weight excluding hydrogens is 651 g/mol. The minimum Gasteiger partial charge on any atom is -0.310 e. The monoisotopic (exact) mass is 695 g/mol. The molecule has 0 radical (unpaired) electrons. The van der Waals surface area contributed by atoms with Crippen molar-refractivity contribution in [3.8, 4) is 11.1 Å². The molecule has 54 heavy (non-hydrogen) atoms. The lowest BCUT2D eigenvalue weighted by Crippen LogP contribution is -2.19. The molecule has 7 aromatic rings. The van der Waals surface area contributed by atoms with Crippen LogP contribution in [0, 0.1) is 0 Å². The second kappa shape index (κ2) is 11.5. The number of nitrogens with zero attached hydrogens (tertiary/aromatic N) is 1. The normalized spacial score (nSPS) is 16.6. The number of rotatable bonds is 5. The lowest BCUT2D eigenvalue weighted by molar-refractivity contribution is 0.660. The highest BCUT2D eigenvalue weighted by atomic mass is 15.1. The average Bonchev–Trinajstić information content (AvgIpc) is 3.68. The molecule has 0 bridgehead atoms. The molecule has 0 saturated carbocycles. The zero-order valence-corrected chi connectivity index (χ0v) is 32.0. The summed E-state index contributed by atoms with van der Waals surface area (Å²) in [7, 11) is 0. The van der Waals surface area contributed by atoms with Gasteiger partial charge in [-0.05, 0) is 120 Å². The predicted molar refractivity (Wildman–Crippen MR) is 231 cm³/mol. The fourth-order valence-electron chi connectivity index (χ4n) is 10.0. The van der Waals surface area contributed by atoms with E-state index in [0.29, 0.717) is 0 Å². The smallest absolute Gasteiger partial charge is 0.0468 e. The zero-order valence-electron chi connectivity index (χ0n) is 32.0. The third-order valence-corrected chi connectivity index (χ3v) is 12.8. The van der Waals surface area contributed by atoms with Crippen molar-refractivity contribution in [2.75, 3.05) is 4.90 Å². The van der Waals surface area contributed by atoms with Crippen LogP contribution in [0.25, 0.3) is 45.2 Å². The third kappa shape index (κ3) is 4.70. The number of hydrogen-bond donors (Lipinski definition) is 0. The first kappa shape index (κ1) is 32.7. The van der Waals surface area contributed by atoms with Gasteiger partial charge in [-0.2, -0.15) is 0 Å². The van der Waals surface area contributed by atoms with Crippen molar-refractivity contribution in [3.05, 3.63) is 196 Å². The van der Waals surface area contributed by atoms with Crippen LogP contribution in [0.15, 0.2) is 152 Å². The number of allylic oxidation sites excluding steroid dienone is 2. The quantitative estimate of drug-likeness (QED) is 0.162. The highest BCUT2D eigenvalue weighted by Crippen LogP contribution is 2.62. The minimum absolute atomic E-state index is 0.000476. The van der Waals surface area contributed by atoms with Crippen molar-refractivity contribution in [2.45, 2.75) is 57.8 Å². The fraction of sp³-hybridized carbons (Fsp3) is 0.170. The van der Waals surface area contributed by atoms with Crippen LogP contribution in [0.4, 0.5) is 17.1 Å². The summed E-state index contributed by atoms with van der Waals surface area (Å²) in [5.41, 5.74) is 20.0. The number of para-hydroxylation sites is 1. The van der Waals surface area contributed by atoms with E-state index in [1.807, 2.05) is 0 Å². The number of fused-ring (bicyclic) bond motifs is 8. The largest absolute Gasteiger partial charge is 0.310 e. The Balaban J connectivity index is 0.966. The maximum atomic E-state index is 2.42. The Kier molecular flexibility index (Phi) is 6.99. The van der Waals surface area contributed by atoms with Gasteiger partial charge in [0.25, 0.3) is 0 Å². The second-order valence-corrected chi connectivity index (χ2v) is 17.0. The van der Waals surface area contributed by atoms with E-state index in [2.05, 4.69) is 210 Å². The summed E-state index contributed by atoms with van der Waals surface area (Å²) in [5.74, 6) is 0. The Labute approximate surface area is 320 Å². The van der Waals surface area contributed by atoms with E-state index in [0.717, 1.165) is 11.4 Å². The number of benzene rings is 7. The first-order valence-corrected chi connectivity index (χ1v) is 19.3. The van der Waals surface area contributed by atoms with Crippen molar-refractivity contribution in [3.63, 3.8) is 0 Å². The fourth-order valence-corrected chi connectivity index (χ4v) is 10.0. The SMILES string of the molecule is CC1(C)C2=C(c3ccccc31)C(C)(C)c1cc(/C=C/c3ccc4cc(N(c5ccccc5)c5ccc6c(c5)C(C)(C)c5ccccc5-6)ccc4c3)ccc12. The van der Waals surface area contributed by atoms with Gasteiger partial charge in [0, 0.05) is 33.3 Å². The van der Waals surface area contributed by atoms with Crippen LogP contribution in [0.5, 0.6) is 0 Å². The van der Waals surface area contributed by atoms with Crippen LogP contribution in [-0.4, -0.2) is 0 Å². The molecule has 10 rings (SSSR count). The zero-order chi connectivity index (χ0) is 37.0. The van der Waals surface area contributed by atoms with Gasteiger partial charge < -0.3 is 4.90 Å². The van der Waals surface area contributed by atoms with Gasteiger partial charge in [0.2, 0.25) is 0 Å². The van der Waals surface area contributed by atoms with E-state index in [1.165, 1.54) is 83.2 Å². The molecule has 0 amide bonds. The van der Waals surface area contributed by atoms with Crippen LogP contribution >= 0.6 is 0 Å². The van der Waals surface area contributed by atoms with E-state index in [4.69, 9.17) is 0 Å². The molecule has 262 valence electrons. The predicted octanol–water partition coefficient (Wildman–Crippen LogP) is 14.3. The van der Waals surface area contributed by atoms with Gasteiger partial charge in [-0.25, -0.2) is 0 Å². The van der Waals surface area contributed by atoms with Gasteiger partial charge in [-0.1, -0.05) is 163 Å². The molecule has 0 atom stereocenters. The first-order chi connectivity index (χ1) is 26.0. The van der Waals surface area contributed by atoms with Gasteiger partial charge in [0.15, 0.2) is 0 Å². The number of hydrogen-bond acceptors (Lipinski definition) is 1. The van der Waals surface area contributed by atoms with E-state index in [9.17, 15) is 0 Å². The van der Waals surface area contributed by atoms with E-state index < -0.39 is 0 Å². The second-order valence-electron chi connectivity index (χ2n) is 17.0. The van der Waals surface area contributed by atoms with E-state index >= 15 is 0 Å². The number of anilines is 3. The molecule has 0 saturated heterocycles. The molecule has 0 N–H and O–H groups in total. The maximum absolute atomic E-state index is 2.42. The molecule has 0 fully saturated rings. The van der Waals surface area contributed by atoms with Crippen LogP contribution in [0.2, 0.25) is 0 Å². The Hall–Kier alpha value is -5.92. The van der Waals surface area contributed by atoms with Gasteiger partial charge in [-0.15, -0.1) is 0 Å². The summed E-state index contributed by atoms with van der Waals surface area (Å²) in [4.78, 5) is 2.40.